The zero-order valence-corrected chi connectivity index (χ0v) is 16.0. The number of nitrogens with one attached hydrogen (secondary N) is 1. The third-order valence-electron chi connectivity index (χ3n) is 4.16. The first kappa shape index (κ1) is 17.9. The molecule has 0 atom stereocenters. The molecule has 1 aliphatic rings. The highest BCUT2D eigenvalue weighted by atomic mass is 79.9. The van der Waals surface area contributed by atoms with Gasteiger partial charge in [-0.3, -0.25) is 14.9 Å². The van der Waals surface area contributed by atoms with Gasteiger partial charge in [-0.2, -0.15) is 0 Å². The predicted octanol–water partition coefficient (Wildman–Crippen LogP) is 4.38. The highest BCUT2D eigenvalue weighted by Gasteiger charge is 2.37. The highest BCUT2D eigenvalue weighted by molar-refractivity contribution is 9.10. The number of hydrogen-bond donors (Lipinski definition) is 1. The molecule has 2 aromatic carbocycles. The maximum atomic E-state index is 12.8. The molecule has 1 fully saturated rings. The molecular weight excluding hydrogens is 424 g/mol. The van der Waals surface area contributed by atoms with E-state index in [0.717, 1.165) is 14.9 Å². The fourth-order valence-electron chi connectivity index (χ4n) is 2.81. The van der Waals surface area contributed by atoms with Gasteiger partial charge in [-0.05, 0) is 42.5 Å². The van der Waals surface area contributed by atoms with Crippen molar-refractivity contribution in [3.63, 3.8) is 0 Å². The van der Waals surface area contributed by atoms with Crippen LogP contribution in [-0.2, 0) is 9.59 Å². The van der Waals surface area contributed by atoms with Crippen LogP contribution in [0.4, 0.5) is 10.5 Å². The summed E-state index contributed by atoms with van der Waals surface area (Å²) in [7, 11) is 0. The monoisotopic (exact) mass is 436 g/mol. The SMILES string of the molecule is O=C1NC(=O)N(c2ccc(Br)cc2)C(=O)/C1=C/c1ccc(-c2ccccc2)o1. The predicted molar refractivity (Wildman–Crippen MR) is 107 cm³/mol. The van der Waals surface area contributed by atoms with Gasteiger partial charge in [-0.15, -0.1) is 0 Å². The number of benzene rings is 2. The van der Waals surface area contributed by atoms with Gasteiger partial charge in [0.2, 0.25) is 0 Å². The van der Waals surface area contributed by atoms with E-state index in [1.165, 1.54) is 6.08 Å². The van der Waals surface area contributed by atoms with Crippen molar-refractivity contribution in [1.82, 2.24) is 5.32 Å². The first-order valence-corrected chi connectivity index (χ1v) is 9.14. The molecule has 0 bridgehead atoms. The molecule has 0 aliphatic carbocycles. The van der Waals surface area contributed by atoms with Crippen LogP contribution in [0.15, 0.2) is 81.2 Å². The number of furan rings is 1. The fourth-order valence-corrected chi connectivity index (χ4v) is 3.08. The van der Waals surface area contributed by atoms with Crippen molar-refractivity contribution >= 4 is 45.5 Å². The molecule has 1 aliphatic heterocycles. The molecule has 7 heteroatoms. The zero-order valence-electron chi connectivity index (χ0n) is 14.4. The molecule has 4 amide bonds. The van der Waals surface area contributed by atoms with Gasteiger partial charge in [-0.25, -0.2) is 9.69 Å². The maximum Gasteiger partial charge on any atom is 0.335 e. The van der Waals surface area contributed by atoms with Crippen LogP contribution in [0, 0.1) is 0 Å². The number of barbiturate groups is 1. The third-order valence-corrected chi connectivity index (χ3v) is 4.69. The number of urea groups is 1. The van der Waals surface area contributed by atoms with Gasteiger partial charge in [-0.1, -0.05) is 46.3 Å². The summed E-state index contributed by atoms with van der Waals surface area (Å²) < 4.78 is 6.54. The topological polar surface area (TPSA) is 79.6 Å². The smallest absolute Gasteiger partial charge is 0.335 e. The Hall–Kier alpha value is -3.45. The molecular formula is C21H13BrN2O4. The Morgan fingerprint density at radius 3 is 2.32 bits per heavy atom. The van der Waals surface area contributed by atoms with Crippen LogP contribution in [0.5, 0.6) is 0 Å². The second kappa shape index (κ2) is 7.28. The summed E-state index contributed by atoms with van der Waals surface area (Å²) >= 11 is 3.31. The summed E-state index contributed by atoms with van der Waals surface area (Å²) in [6.45, 7) is 0. The lowest BCUT2D eigenvalue weighted by molar-refractivity contribution is -0.122. The van der Waals surface area contributed by atoms with Crippen molar-refractivity contribution < 1.29 is 18.8 Å². The number of rotatable bonds is 3. The van der Waals surface area contributed by atoms with Crippen LogP contribution in [0.1, 0.15) is 5.76 Å². The first-order chi connectivity index (χ1) is 13.5. The number of amides is 4. The van der Waals surface area contributed by atoms with Gasteiger partial charge in [0, 0.05) is 10.0 Å². The van der Waals surface area contributed by atoms with Gasteiger partial charge in [0.1, 0.15) is 17.1 Å². The van der Waals surface area contributed by atoms with E-state index in [2.05, 4.69) is 21.2 Å². The largest absolute Gasteiger partial charge is 0.457 e. The van der Waals surface area contributed by atoms with Gasteiger partial charge in [0.25, 0.3) is 11.8 Å². The van der Waals surface area contributed by atoms with Crippen molar-refractivity contribution in [3.8, 4) is 11.3 Å². The van der Waals surface area contributed by atoms with Crippen molar-refractivity contribution in [2.24, 2.45) is 0 Å². The van der Waals surface area contributed by atoms with Gasteiger partial charge in [0.05, 0.1) is 5.69 Å². The average molecular weight is 437 g/mol. The van der Waals surface area contributed by atoms with Gasteiger partial charge < -0.3 is 4.42 Å². The van der Waals surface area contributed by atoms with E-state index in [1.54, 1.807) is 36.4 Å². The van der Waals surface area contributed by atoms with E-state index < -0.39 is 17.8 Å². The van der Waals surface area contributed by atoms with Gasteiger partial charge >= 0.3 is 6.03 Å². The number of carbonyl (C=O) groups is 3. The molecule has 28 heavy (non-hydrogen) atoms. The Morgan fingerprint density at radius 1 is 0.893 bits per heavy atom. The molecule has 3 aromatic rings. The van der Waals surface area contributed by atoms with Crippen molar-refractivity contribution in [1.29, 1.82) is 0 Å². The van der Waals surface area contributed by atoms with E-state index in [9.17, 15) is 14.4 Å². The first-order valence-electron chi connectivity index (χ1n) is 8.35. The summed E-state index contributed by atoms with van der Waals surface area (Å²) in [5.41, 5.74) is 1.04. The molecule has 0 unspecified atom stereocenters. The molecule has 1 aromatic heterocycles. The number of imide groups is 2. The second-order valence-electron chi connectivity index (χ2n) is 6.00. The summed E-state index contributed by atoms with van der Waals surface area (Å²) in [5.74, 6) is -0.533. The number of nitrogens with zero attached hydrogens (tertiary/aromatic N) is 1. The average Bonchev–Trinajstić information content (AvgIpc) is 3.16. The van der Waals surface area contributed by atoms with Crippen molar-refractivity contribution in [2.45, 2.75) is 0 Å². The van der Waals surface area contributed by atoms with Crippen LogP contribution in [0.2, 0.25) is 0 Å². The van der Waals surface area contributed by atoms with Crippen LogP contribution < -0.4 is 10.2 Å². The van der Waals surface area contributed by atoms with Crippen LogP contribution in [0.3, 0.4) is 0 Å². The highest BCUT2D eigenvalue weighted by Crippen LogP contribution is 2.26. The van der Waals surface area contributed by atoms with E-state index in [-0.39, 0.29) is 5.57 Å². The Bertz CT molecular complexity index is 1100. The Kier molecular flexibility index (Phi) is 4.67. The Balaban J connectivity index is 1.67. The molecule has 1 saturated heterocycles. The van der Waals surface area contributed by atoms with E-state index in [1.807, 2.05) is 30.3 Å². The minimum absolute atomic E-state index is 0.184. The second-order valence-corrected chi connectivity index (χ2v) is 6.92. The molecule has 1 N–H and O–H groups in total. The van der Waals surface area contributed by atoms with Gasteiger partial charge in [0.15, 0.2) is 0 Å². The summed E-state index contributed by atoms with van der Waals surface area (Å²) in [5, 5.41) is 2.19. The lowest BCUT2D eigenvalue weighted by Gasteiger charge is -2.26. The van der Waals surface area contributed by atoms with Crippen molar-refractivity contribution in [2.75, 3.05) is 4.90 Å². The molecule has 0 spiro atoms. The standard InChI is InChI=1S/C21H13BrN2O4/c22-14-6-8-15(9-7-14)24-20(26)17(19(25)23-21(24)27)12-16-10-11-18(28-16)13-4-2-1-3-5-13/h1-12H,(H,23,25,27)/b17-12+. The lowest BCUT2D eigenvalue weighted by atomic mass is 10.1. The Labute approximate surface area is 168 Å². The fraction of sp³-hybridized carbons (Fsp3) is 0. The minimum atomic E-state index is -0.793. The summed E-state index contributed by atoms with van der Waals surface area (Å²) in [6, 6.07) is 18.7. The Morgan fingerprint density at radius 2 is 1.61 bits per heavy atom. The lowest BCUT2D eigenvalue weighted by Crippen LogP contribution is -2.54. The van der Waals surface area contributed by atoms with E-state index in [4.69, 9.17) is 4.42 Å². The molecule has 6 nitrogen and oxygen atoms in total. The molecule has 2 heterocycles. The molecule has 138 valence electrons. The van der Waals surface area contributed by atoms with E-state index >= 15 is 0 Å². The van der Waals surface area contributed by atoms with Crippen LogP contribution in [0.25, 0.3) is 17.4 Å². The molecule has 0 radical (unpaired) electrons. The quantitative estimate of drug-likeness (QED) is 0.488. The summed E-state index contributed by atoms with van der Waals surface area (Å²) in [6.07, 6.45) is 1.34. The summed E-state index contributed by atoms with van der Waals surface area (Å²) in [4.78, 5) is 38.2. The minimum Gasteiger partial charge on any atom is -0.457 e. The third kappa shape index (κ3) is 3.39. The van der Waals surface area contributed by atoms with Crippen molar-refractivity contribution in [3.05, 3.63) is 82.5 Å². The van der Waals surface area contributed by atoms with Crippen LogP contribution >= 0.6 is 15.9 Å². The van der Waals surface area contributed by atoms with Crippen LogP contribution in [-0.4, -0.2) is 17.8 Å². The number of anilines is 1. The maximum absolute atomic E-state index is 12.8. The number of hydrogen-bond acceptors (Lipinski definition) is 4. The normalized spacial score (nSPS) is 15.8. The zero-order chi connectivity index (χ0) is 19.7. The molecule has 4 rings (SSSR count). The molecule has 0 saturated carbocycles. The number of halogens is 1. The van der Waals surface area contributed by atoms with E-state index in [0.29, 0.717) is 17.2 Å². The number of carbonyl (C=O) groups excluding carboxylic acids is 3.